The van der Waals surface area contributed by atoms with Crippen molar-refractivity contribution in [3.05, 3.63) is 35.9 Å². The molecule has 0 unspecified atom stereocenters. The van der Waals surface area contributed by atoms with Crippen LogP contribution in [0.5, 0.6) is 0 Å². The molecule has 0 saturated heterocycles. The Hall–Kier alpha value is -1.51. The highest BCUT2D eigenvalue weighted by molar-refractivity contribution is 5.64. The van der Waals surface area contributed by atoms with E-state index in [9.17, 15) is 9.90 Å². The van der Waals surface area contributed by atoms with Crippen LogP contribution in [-0.2, 0) is 11.7 Å². The van der Waals surface area contributed by atoms with E-state index in [2.05, 4.69) is 0 Å². The van der Waals surface area contributed by atoms with Crippen LogP contribution in [0.15, 0.2) is 30.3 Å². The molecule has 0 spiro atoms. The van der Waals surface area contributed by atoms with Crippen LogP contribution < -0.4 is 0 Å². The molecule has 1 aromatic rings. The molecule has 0 saturated carbocycles. The lowest BCUT2D eigenvalue weighted by Crippen LogP contribution is -2.27. The molecule has 1 aromatic carbocycles. The minimum absolute atomic E-state index is 0.402. The smallest absolute Gasteiger partial charge is 0.301 e. The van der Waals surface area contributed by atoms with Crippen LogP contribution in [0.25, 0.3) is 0 Å². The summed E-state index contributed by atoms with van der Waals surface area (Å²) in [5.41, 5.74) is 0.980. The van der Waals surface area contributed by atoms with E-state index in [1.165, 1.54) is 4.90 Å². The van der Waals surface area contributed by atoms with Crippen molar-refractivity contribution in [3.63, 3.8) is 0 Å². The molecule has 1 radical (unpaired) electrons. The third kappa shape index (κ3) is 2.78. The van der Waals surface area contributed by atoms with E-state index in [-0.39, 0.29) is 0 Å². The number of amides is 1. The summed E-state index contributed by atoms with van der Waals surface area (Å²) in [5, 5.41) is 10.5. The van der Waals surface area contributed by atoms with Gasteiger partial charge in [0.25, 0.3) is 0 Å². The summed E-state index contributed by atoms with van der Waals surface area (Å²) in [6, 6.07) is 9.47. The number of benzene rings is 1. The quantitative estimate of drug-likeness (QED) is 0.698. The Morgan fingerprint density at radius 3 is 2.38 bits per heavy atom. The summed E-state index contributed by atoms with van der Waals surface area (Å²) < 4.78 is 0. The number of carbonyl (C=O) groups excluding carboxylic acids is 1. The first-order valence-corrected chi connectivity index (χ1v) is 4.24. The van der Waals surface area contributed by atoms with Crippen LogP contribution in [0.1, 0.15) is 12.5 Å². The van der Waals surface area contributed by atoms with E-state index in [0.717, 1.165) is 5.56 Å². The predicted octanol–water partition coefficient (Wildman–Crippen LogP) is 2.06. The SMILES string of the molecule is CCN(Cc1ccccc1)C([O])=O. The van der Waals surface area contributed by atoms with E-state index in [0.29, 0.717) is 13.1 Å². The minimum atomic E-state index is -1.12. The van der Waals surface area contributed by atoms with E-state index < -0.39 is 6.09 Å². The van der Waals surface area contributed by atoms with Crippen molar-refractivity contribution in [1.29, 1.82) is 0 Å². The Bertz CT molecular complexity index is 272. The summed E-state index contributed by atoms with van der Waals surface area (Å²) in [6.45, 7) is 2.65. The molecule has 0 bridgehead atoms. The Morgan fingerprint density at radius 2 is 1.92 bits per heavy atom. The molecule has 0 aliphatic heterocycles. The van der Waals surface area contributed by atoms with Crippen molar-refractivity contribution in [2.75, 3.05) is 6.54 Å². The summed E-state index contributed by atoms with van der Waals surface area (Å²) in [4.78, 5) is 11.8. The van der Waals surface area contributed by atoms with Gasteiger partial charge in [-0.2, -0.15) is 0 Å². The lowest BCUT2D eigenvalue weighted by atomic mass is 10.2. The molecule has 0 atom stereocenters. The van der Waals surface area contributed by atoms with E-state index in [1.54, 1.807) is 6.92 Å². The topological polar surface area (TPSA) is 40.2 Å². The van der Waals surface area contributed by atoms with Gasteiger partial charge in [-0.15, -0.1) is 0 Å². The summed E-state index contributed by atoms with van der Waals surface area (Å²) >= 11 is 0. The van der Waals surface area contributed by atoms with E-state index in [1.807, 2.05) is 30.3 Å². The van der Waals surface area contributed by atoms with Crippen molar-refractivity contribution in [3.8, 4) is 0 Å². The van der Waals surface area contributed by atoms with Gasteiger partial charge in [0.2, 0.25) is 0 Å². The van der Waals surface area contributed by atoms with Crippen molar-refractivity contribution in [1.82, 2.24) is 4.90 Å². The minimum Gasteiger partial charge on any atom is -0.301 e. The molecule has 1 amide bonds. The van der Waals surface area contributed by atoms with Gasteiger partial charge >= 0.3 is 6.09 Å². The summed E-state index contributed by atoms with van der Waals surface area (Å²) in [5.74, 6) is 0. The Labute approximate surface area is 77.6 Å². The lowest BCUT2D eigenvalue weighted by molar-refractivity contribution is 0.119. The number of carbonyl (C=O) groups is 1. The molecule has 1 rings (SSSR count). The average Bonchev–Trinajstić information content (AvgIpc) is 2.15. The maximum Gasteiger partial charge on any atom is 0.453 e. The van der Waals surface area contributed by atoms with Gasteiger partial charge in [0, 0.05) is 13.1 Å². The lowest BCUT2D eigenvalue weighted by Gasteiger charge is -2.14. The van der Waals surface area contributed by atoms with Gasteiger partial charge in [-0.05, 0) is 12.5 Å². The average molecular weight is 178 g/mol. The fourth-order valence-electron chi connectivity index (χ4n) is 1.11. The molecule has 0 aliphatic rings. The van der Waals surface area contributed by atoms with Gasteiger partial charge in [-0.3, -0.25) is 0 Å². The number of rotatable bonds is 3. The Balaban J connectivity index is 2.62. The third-order valence-corrected chi connectivity index (χ3v) is 1.86. The highest BCUT2D eigenvalue weighted by Crippen LogP contribution is 2.03. The monoisotopic (exact) mass is 178 g/mol. The molecule has 0 heterocycles. The second kappa shape index (κ2) is 4.50. The first-order valence-electron chi connectivity index (χ1n) is 4.24. The standard InChI is InChI=1S/C10H12NO2/c1-2-11(10(12)13)8-9-6-4-3-5-7-9/h3-7H,2,8H2,1H3. The zero-order valence-electron chi connectivity index (χ0n) is 7.56. The van der Waals surface area contributed by atoms with Crippen molar-refractivity contribution < 1.29 is 9.90 Å². The number of nitrogens with zero attached hydrogens (tertiary/aromatic N) is 1. The van der Waals surface area contributed by atoms with Crippen LogP contribution >= 0.6 is 0 Å². The van der Waals surface area contributed by atoms with Gasteiger partial charge in [-0.1, -0.05) is 30.3 Å². The first-order chi connectivity index (χ1) is 6.24. The van der Waals surface area contributed by atoms with Crippen molar-refractivity contribution in [2.24, 2.45) is 0 Å². The van der Waals surface area contributed by atoms with Crippen molar-refractivity contribution >= 4 is 6.09 Å². The van der Waals surface area contributed by atoms with Gasteiger partial charge in [-0.25, -0.2) is 9.90 Å². The van der Waals surface area contributed by atoms with Gasteiger partial charge in [0.15, 0.2) is 0 Å². The van der Waals surface area contributed by atoms with Crippen LogP contribution in [-0.4, -0.2) is 17.5 Å². The second-order valence-corrected chi connectivity index (χ2v) is 2.77. The maximum absolute atomic E-state index is 10.5. The van der Waals surface area contributed by atoms with Crippen LogP contribution in [0, 0.1) is 0 Å². The Morgan fingerprint density at radius 1 is 1.31 bits per heavy atom. The number of hydrogen-bond donors (Lipinski definition) is 0. The van der Waals surface area contributed by atoms with E-state index in [4.69, 9.17) is 0 Å². The molecule has 0 fully saturated rings. The largest absolute Gasteiger partial charge is 0.453 e. The van der Waals surface area contributed by atoms with Gasteiger partial charge in [0.1, 0.15) is 0 Å². The normalized spacial score (nSPS) is 9.62. The molecule has 69 valence electrons. The molecule has 3 heteroatoms. The number of hydrogen-bond acceptors (Lipinski definition) is 1. The van der Waals surface area contributed by atoms with Crippen LogP contribution in [0.4, 0.5) is 4.79 Å². The van der Waals surface area contributed by atoms with Gasteiger partial charge < -0.3 is 4.90 Å². The van der Waals surface area contributed by atoms with E-state index >= 15 is 0 Å². The second-order valence-electron chi connectivity index (χ2n) is 2.77. The third-order valence-electron chi connectivity index (χ3n) is 1.86. The zero-order chi connectivity index (χ0) is 9.68. The van der Waals surface area contributed by atoms with Gasteiger partial charge in [0.05, 0.1) is 0 Å². The summed E-state index contributed by atoms with van der Waals surface area (Å²) in [6.07, 6.45) is -1.12. The highest BCUT2D eigenvalue weighted by Gasteiger charge is 2.10. The molecular formula is C10H12NO2. The highest BCUT2D eigenvalue weighted by atomic mass is 16.4. The fraction of sp³-hybridized carbons (Fsp3) is 0.300. The predicted molar refractivity (Wildman–Crippen MR) is 48.6 cm³/mol. The fourth-order valence-corrected chi connectivity index (χ4v) is 1.11. The summed E-state index contributed by atoms with van der Waals surface area (Å²) in [7, 11) is 0. The molecular weight excluding hydrogens is 166 g/mol. The molecule has 3 nitrogen and oxygen atoms in total. The van der Waals surface area contributed by atoms with Crippen LogP contribution in [0.2, 0.25) is 0 Å². The zero-order valence-corrected chi connectivity index (χ0v) is 7.56. The Kier molecular flexibility index (Phi) is 3.31. The molecule has 13 heavy (non-hydrogen) atoms. The molecule has 0 aromatic heterocycles. The first kappa shape index (κ1) is 9.58. The molecule has 0 aliphatic carbocycles. The maximum atomic E-state index is 10.5. The van der Waals surface area contributed by atoms with Crippen molar-refractivity contribution in [2.45, 2.75) is 13.5 Å². The molecule has 0 N–H and O–H groups in total. The van der Waals surface area contributed by atoms with Crippen LogP contribution in [0.3, 0.4) is 0 Å².